The number of hydrogen-bond acceptors (Lipinski definition) is 6. The Bertz CT molecular complexity index is 1310. The number of rotatable bonds is 5. The molecule has 0 aliphatic carbocycles. The molecule has 12 heteroatoms. The lowest BCUT2D eigenvalue weighted by Gasteiger charge is -2.06. The van der Waals surface area contributed by atoms with E-state index in [4.69, 9.17) is 0 Å². The van der Waals surface area contributed by atoms with E-state index in [0.717, 1.165) is 17.0 Å². The van der Waals surface area contributed by atoms with Crippen LogP contribution >= 0.6 is 11.3 Å². The number of carbonyl (C=O) groups excluding carboxylic acids is 1. The van der Waals surface area contributed by atoms with E-state index >= 15 is 0 Å². The normalized spacial score (nSPS) is 11.7. The molecule has 1 N–H and O–H groups in total. The van der Waals surface area contributed by atoms with Crippen LogP contribution in [0.4, 0.5) is 13.2 Å². The lowest BCUT2D eigenvalue weighted by atomic mass is 10.1. The fourth-order valence-electron chi connectivity index (χ4n) is 2.90. The van der Waals surface area contributed by atoms with Crippen LogP contribution in [-0.2, 0) is 31.1 Å². The molecule has 8 nitrogen and oxygen atoms in total. The van der Waals surface area contributed by atoms with Crippen molar-refractivity contribution in [3.05, 3.63) is 63.8 Å². The maximum absolute atomic E-state index is 12.7. The van der Waals surface area contributed by atoms with Gasteiger partial charge in [0, 0.05) is 23.7 Å². The quantitative estimate of drug-likeness (QED) is 0.507. The van der Waals surface area contributed by atoms with Crippen LogP contribution in [0.2, 0.25) is 0 Å². The number of nitrogens with one attached hydrogen (secondary N) is 1. The molecule has 160 valence electrons. The molecule has 3 heterocycles. The Morgan fingerprint density at radius 3 is 2.61 bits per heavy atom. The van der Waals surface area contributed by atoms with Crippen LogP contribution in [0.25, 0.3) is 21.6 Å². The van der Waals surface area contributed by atoms with Gasteiger partial charge in [-0.2, -0.15) is 18.3 Å². The van der Waals surface area contributed by atoms with Crippen LogP contribution in [0.15, 0.2) is 47.8 Å². The first-order valence-electron chi connectivity index (χ1n) is 8.98. The molecular weight excluding hydrogens is 433 g/mol. The summed E-state index contributed by atoms with van der Waals surface area (Å²) in [4.78, 5) is 33.7. The molecule has 0 radical (unpaired) electrons. The lowest BCUT2D eigenvalue weighted by Crippen LogP contribution is -2.32. The molecule has 0 saturated carbocycles. The first kappa shape index (κ1) is 20.7. The van der Waals surface area contributed by atoms with Gasteiger partial charge in [-0.3, -0.25) is 18.8 Å². The molecule has 31 heavy (non-hydrogen) atoms. The van der Waals surface area contributed by atoms with Gasteiger partial charge < -0.3 is 5.32 Å². The van der Waals surface area contributed by atoms with Crippen molar-refractivity contribution in [1.29, 1.82) is 0 Å². The molecule has 3 aromatic heterocycles. The minimum atomic E-state index is -4.39. The molecule has 0 saturated heterocycles. The van der Waals surface area contributed by atoms with Crippen LogP contribution in [0.3, 0.4) is 0 Å². The Kier molecular flexibility index (Phi) is 5.31. The molecule has 0 bridgehead atoms. The van der Waals surface area contributed by atoms with Gasteiger partial charge in [-0.15, -0.1) is 11.3 Å². The smallest absolute Gasteiger partial charge is 0.350 e. The van der Waals surface area contributed by atoms with Crippen molar-refractivity contribution < 1.29 is 18.0 Å². The number of fused-ring (bicyclic) bond motifs is 1. The Morgan fingerprint density at radius 2 is 1.90 bits per heavy atom. The zero-order chi connectivity index (χ0) is 22.2. The van der Waals surface area contributed by atoms with Gasteiger partial charge in [-0.05, 0) is 12.1 Å². The lowest BCUT2D eigenvalue weighted by molar-refractivity contribution is -0.137. The van der Waals surface area contributed by atoms with Gasteiger partial charge in [0.05, 0.1) is 18.3 Å². The van der Waals surface area contributed by atoms with E-state index in [1.165, 1.54) is 45.2 Å². The number of aryl methyl sites for hydroxylation is 1. The van der Waals surface area contributed by atoms with Crippen molar-refractivity contribution >= 4 is 28.3 Å². The van der Waals surface area contributed by atoms with Crippen molar-refractivity contribution in [3.63, 3.8) is 0 Å². The summed E-state index contributed by atoms with van der Waals surface area (Å²) in [5, 5.41) is 7.53. The molecule has 0 unspecified atom stereocenters. The molecule has 1 aromatic carbocycles. The summed E-state index contributed by atoms with van der Waals surface area (Å²) in [7, 11) is 1.67. The third-order valence-corrected chi connectivity index (χ3v) is 5.55. The number of amides is 1. The number of hydrogen-bond donors (Lipinski definition) is 1. The Morgan fingerprint density at radius 1 is 1.16 bits per heavy atom. The van der Waals surface area contributed by atoms with E-state index < -0.39 is 17.6 Å². The monoisotopic (exact) mass is 448 g/mol. The Hall–Kier alpha value is -3.54. The average molecular weight is 448 g/mol. The van der Waals surface area contributed by atoms with Crippen LogP contribution in [0, 0.1) is 0 Å². The Labute approximate surface area is 177 Å². The minimum absolute atomic E-state index is 0.175. The third kappa shape index (κ3) is 4.33. The fraction of sp³-hybridized carbons (Fsp3) is 0.211. The number of halogens is 3. The van der Waals surface area contributed by atoms with Crippen molar-refractivity contribution in [1.82, 2.24) is 29.6 Å². The molecular formula is C19H15F3N6O2S. The molecule has 1 amide bonds. The SMILES string of the molecule is Cn1ncc2c(=O)n(CC(=O)NCc3cnc(-c4ccc(C(F)(F)F)cc4)s3)cnc21. The number of thiazole rings is 1. The second-order valence-electron chi connectivity index (χ2n) is 6.67. The fourth-order valence-corrected chi connectivity index (χ4v) is 3.76. The highest BCUT2D eigenvalue weighted by molar-refractivity contribution is 7.15. The van der Waals surface area contributed by atoms with E-state index in [2.05, 4.69) is 20.4 Å². The number of nitrogens with zero attached hydrogens (tertiary/aromatic N) is 5. The van der Waals surface area contributed by atoms with E-state index in [1.807, 2.05) is 0 Å². The van der Waals surface area contributed by atoms with Crippen LogP contribution in [-0.4, -0.2) is 30.2 Å². The molecule has 4 aromatic rings. The molecule has 0 spiro atoms. The van der Waals surface area contributed by atoms with Crippen molar-refractivity contribution in [2.45, 2.75) is 19.3 Å². The highest BCUT2D eigenvalue weighted by atomic mass is 32.1. The van der Waals surface area contributed by atoms with Crippen molar-refractivity contribution in [3.8, 4) is 10.6 Å². The van der Waals surface area contributed by atoms with Gasteiger partial charge in [-0.1, -0.05) is 12.1 Å². The van der Waals surface area contributed by atoms with Gasteiger partial charge in [0.25, 0.3) is 5.56 Å². The first-order valence-corrected chi connectivity index (χ1v) is 9.80. The number of aromatic nitrogens is 5. The first-order chi connectivity index (χ1) is 14.7. The molecule has 0 aliphatic rings. The van der Waals surface area contributed by atoms with E-state index in [1.54, 1.807) is 13.2 Å². The number of alkyl halides is 3. The Balaban J connectivity index is 1.39. The third-order valence-electron chi connectivity index (χ3n) is 4.50. The molecule has 4 rings (SSSR count). The maximum atomic E-state index is 12.7. The summed E-state index contributed by atoms with van der Waals surface area (Å²) in [6.07, 6.45) is -0.149. The predicted molar refractivity (Wildman–Crippen MR) is 107 cm³/mol. The highest BCUT2D eigenvalue weighted by Crippen LogP contribution is 2.32. The summed E-state index contributed by atoms with van der Waals surface area (Å²) < 4.78 is 40.7. The van der Waals surface area contributed by atoms with Gasteiger partial charge in [0.1, 0.15) is 23.3 Å². The van der Waals surface area contributed by atoms with E-state index in [0.29, 0.717) is 21.6 Å². The van der Waals surface area contributed by atoms with Gasteiger partial charge >= 0.3 is 6.18 Å². The van der Waals surface area contributed by atoms with Crippen LogP contribution < -0.4 is 10.9 Å². The van der Waals surface area contributed by atoms with E-state index in [9.17, 15) is 22.8 Å². The number of carbonyl (C=O) groups is 1. The van der Waals surface area contributed by atoms with Crippen LogP contribution in [0.1, 0.15) is 10.4 Å². The predicted octanol–water partition coefficient (Wildman–Crippen LogP) is 2.59. The maximum Gasteiger partial charge on any atom is 0.416 e. The zero-order valence-electron chi connectivity index (χ0n) is 16.1. The largest absolute Gasteiger partial charge is 0.416 e. The second kappa shape index (κ2) is 7.95. The summed E-state index contributed by atoms with van der Waals surface area (Å²) in [5.41, 5.74) is -0.106. The van der Waals surface area contributed by atoms with E-state index in [-0.39, 0.29) is 18.6 Å². The minimum Gasteiger partial charge on any atom is -0.350 e. The molecule has 0 atom stereocenters. The topological polar surface area (TPSA) is 94.7 Å². The highest BCUT2D eigenvalue weighted by Gasteiger charge is 2.30. The van der Waals surface area contributed by atoms with Gasteiger partial charge in [-0.25, -0.2) is 9.97 Å². The summed E-state index contributed by atoms with van der Waals surface area (Å²) in [6, 6.07) is 4.72. The molecule has 0 aliphatic heterocycles. The average Bonchev–Trinajstić information content (AvgIpc) is 3.35. The summed E-state index contributed by atoms with van der Waals surface area (Å²) in [5.74, 6) is -0.392. The zero-order valence-corrected chi connectivity index (χ0v) is 16.9. The van der Waals surface area contributed by atoms with Gasteiger partial charge in [0.2, 0.25) is 5.91 Å². The summed E-state index contributed by atoms with van der Waals surface area (Å²) >= 11 is 1.26. The summed E-state index contributed by atoms with van der Waals surface area (Å²) in [6.45, 7) is -0.0321. The van der Waals surface area contributed by atoms with Crippen molar-refractivity contribution in [2.24, 2.45) is 7.05 Å². The molecule has 0 fully saturated rings. The van der Waals surface area contributed by atoms with Crippen LogP contribution in [0.5, 0.6) is 0 Å². The van der Waals surface area contributed by atoms with Gasteiger partial charge in [0.15, 0.2) is 5.65 Å². The van der Waals surface area contributed by atoms with Crippen molar-refractivity contribution in [2.75, 3.05) is 0 Å². The standard InChI is InChI=1S/C19H15F3N6O2S/c1-27-16-14(8-26-27)18(30)28(10-25-16)9-15(29)23-6-13-7-24-17(31-13)11-2-4-12(5-3-11)19(20,21)22/h2-5,7-8,10H,6,9H2,1H3,(H,23,29). The number of benzene rings is 1. The second-order valence-corrected chi connectivity index (χ2v) is 7.78.